The second-order valence-electron chi connectivity index (χ2n) is 5.80. The predicted octanol–water partition coefficient (Wildman–Crippen LogP) is 2.74. The fraction of sp³-hybridized carbons (Fsp3) is 0.333. The van der Waals surface area contributed by atoms with E-state index in [9.17, 15) is 9.90 Å². The van der Waals surface area contributed by atoms with Crippen LogP contribution in [-0.4, -0.2) is 41.2 Å². The van der Waals surface area contributed by atoms with Crippen LogP contribution < -0.4 is 9.47 Å². The molecule has 1 N–H and O–H groups in total. The number of nitrogens with zero attached hydrogens (tertiary/aromatic N) is 2. The van der Waals surface area contributed by atoms with Gasteiger partial charge in [0.25, 0.3) is 0 Å². The molecule has 0 spiro atoms. The third-order valence-electron chi connectivity index (χ3n) is 4.23. The molecule has 1 aliphatic rings. The van der Waals surface area contributed by atoms with Crippen molar-refractivity contribution in [2.75, 3.05) is 20.3 Å². The Morgan fingerprint density at radius 2 is 2.04 bits per heavy atom. The SMILES string of the molecule is CC(c1ccc2c(c1)OCCO2)N(C)Cc1ncccc1C(=O)O. The van der Waals surface area contributed by atoms with Gasteiger partial charge in [-0.25, -0.2) is 4.79 Å². The number of fused-ring (bicyclic) bond motifs is 1. The maximum absolute atomic E-state index is 11.3. The van der Waals surface area contributed by atoms with Crippen molar-refractivity contribution in [2.24, 2.45) is 0 Å². The first-order chi connectivity index (χ1) is 11.6. The molecule has 0 bridgehead atoms. The Morgan fingerprint density at radius 1 is 1.29 bits per heavy atom. The zero-order chi connectivity index (χ0) is 17.1. The number of rotatable bonds is 5. The molecule has 0 fully saturated rings. The quantitative estimate of drug-likeness (QED) is 0.910. The second kappa shape index (κ2) is 6.88. The lowest BCUT2D eigenvalue weighted by atomic mass is 10.1. The number of aromatic carboxylic acids is 1. The van der Waals surface area contributed by atoms with Gasteiger partial charge in [0.1, 0.15) is 13.2 Å². The van der Waals surface area contributed by atoms with E-state index < -0.39 is 5.97 Å². The van der Waals surface area contributed by atoms with E-state index in [1.807, 2.05) is 25.2 Å². The van der Waals surface area contributed by atoms with Crippen molar-refractivity contribution in [3.05, 3.63) is 53.3 Å². The second-order valence-corrected chi connectivity index (χ2v) is 5.80. The minimum absolute atomic E-state index is 0.0736. The van der Waals surface area contributed by atoms with Crippen LogP contribution in [0.3, 0.4) is 0 Å². The summed E-state index contributed by atoms with van der Waals surface area (Å²) in [7, 11) is 1.95. The van der Waals surface area contributed by atoms with E-state index >= 15 is 0 Å². The summed E-state index contributed by atoms with van der Waals surface area (Å²) >= 11 is 0. The number of hydrogen-bond acceptors (Lipinski definition) is 5. The highest BCUT2D eigenvalue weighted by Crippen LogP contribution is 2.34. The molecule has 1 aromatic heterocycles. The highest BCUT2D eigenvalue weighted by molar-refractivity contribution is 5.88. The first-order valence-corrected chi connectivity index (χ1v) is 7.83. The molecular formula is C18H20N2O4. The molecule has 3 rings (SSSR count). The highest BCUT2D eigenvalue weighted by atomic mass is 16.6. The van der Waals surface area contributed by atoms with Gasteiger partial charge >= 0.3 is 5.97 Å². The van der Waals surface area contributed by atoms with Crippen LogP contribution in [0, 0.1) is 0 Å². The Morgan fingerprint density at radius 3 is 2.79 bits per heavy atom. The summed E-state index contributed by atoms with van der Waals surface area (Å²) in [6, 6.07) is 9.18. The molecule has 126 valence electrons. The number of aromatic nitrogens is 1. The van der Waals surface area contributed by atoms with Gasteiger partial charge in [0.05, 0.1) is 11.3 Å². The van der Waals surface area contributed by atoms with Gasteiger partial charge in [-0.15, -0.1) is 0 Å². The van der Waals surface area contributed by atoms with E-state index in [-0.39, 0.29) is 11.6 Å². The molecular weight excluding hydrogens is 308 g/mol. The minimum atomic E-state index is -0.960. The number of ether oxygens (including phenoxy) is 2. The molecule has 24 heavy (non-hydrogen) atoms. The summed E-state index contributed by atoms with van der Waals surface area (Å²) in [5, 5.41) is 9.28. The summed E-state index contributed by atoms with van der Waals surface area (Å²) in [5.41, 5.74) is 1.87. The summed E-state index contributed by atoms with van der Waals surface area (Å²) in [5.74, 6) is 0.555. The number of carboxylic acids is 1. The third-order valence-corrected chi connectivity index (χ3v) is 4.23. The third kappa shape index (κ3) is 3.33. The highest BCUT2D eigenvalue weighted by Gasteiger charge is 2.19. The number of benzene rings is 1. The Hall–Kier alpha value is -2.60. The van der Waals surface area contributed by atoms with Gasteiger partial charge in [0.15, 0.2) is 11.5 Å². The van der Waals surface area contributed by atoms with Crippen LogP contribution in [0.5, 0.6) is 11.5 Å². The van der Waals surface area contributed by atoms with Gasteiger partial charge in [-0.05, 0) is 43.8 Å². The standard InChI is InChI=1S/C18H20N2O4/c1-12(13-5-6-16-17(10-13)24-9-8-23-16)20(2)11-15-14(18(21)22)4-3-7-19-15/h3-7,10,12H,8-9,11H2,1-2H3,(H,21,22). The zero-order valence-corrected chi connectivity index (χ0v) is 13.7. The van der Waals surface area contributed by atoms with Gasteiger partial charge in [-0.3, -0.25) is 9.88 Å². The van der Waals surface area contributed by atoms with Crippen LogP contribution in [0.15, 0.2) is 36.5 Å². The van der Waals surface area contributed by atoms with Gasteiger partial charge in [0, 0.05) is 18.8 Å². The molecule has 0 saturated heterocycles. The van der Waals surface area contributed by atoms with Crippen molar-refractivity contribution in [3.8, 4) is 11.5 Å². The normalized spacial score (nSPS) is 14.5. The molecule has 1 aromatic carbocycles. The molecule has 2 heterocycles. The van der Waals surface area contributed by atoms with Crippen molar-refractivity contribution >= 4 is 5.97 Å². The zero-order valence-electron chi connectivity index (χ0n) is 13.7. The van der Waals surface area contributed by atoms with E-state index in [1.54, 1.807) is 18.3 Å². The van der Waals surface area contributed by atoms with E-state index in [0.29, 0.717) is 25.5 Å². The Labute approximate surface area is 140 Å². The van der Waals surface area contributed by atoms with Crippen molar-refractivity contribution in [1.82, 2.24) is 9.88 Å². The van der Waals surface area contributed by atoms with Crippen LogP contribution in [0.2, 0.25) is 0 Å². The molecule has 1 atom stereocenters. The largest absolute Gasteiger partial charge is 0.486 e. The minimum Gasteiger partial charge on any atom is -0.486 e. The lowest BCUT2D eigenvalue weighted by molar-refractivity contribution is 0.0693. The smallest absolute Gasteiger partial charge is 0.337 e. The van der Waals surface area contributed by atoms with E-state index in [4.69, 9.17) is 9.47 Å². The number of pyridine rings is 1. The first-order valence-electron chi connectivity index (χ1n) is 7.83. The molecule has 1 unspecified atom stereocenters. The van der Waals surface area contributed by atoms with Gasteiger partial charge < -0.3 is 14.6 Å². The molecule has 0 aliphatic carbocycles. The molecule has 2 aromatic rings. The summed E-state index contributed by atoms with van der Waals surface area (Å²) in [6.07, 6.45) is 1.62. The van der Waals surface area contributed by atoms with Crippen LogP contribution in [-0.2, 0) is 6.54 Å². The molecule has 0 amide bonds. The van der Waals surface area contributed by atoms with Crippen molar-refractivity contribution in [1.29, 1.82) is 0 Å². The maximum Gasteiger partial charge on any atom is 0.337 e. The fourth-order valence-corrected chi connectivity index (χ4v) is 2.71. The Kier molecular flexibility index (Phi) is 4.66. The summed E-state index contributed by atoms with van der Waals surface area (Å²) < 4.78 is 11.2. The maximum atomic E-state index is 11.3. The van der Waals surface area contributed by atoms with Crippen molar-refractivity contribution in [3.63, 3.8) is 0 Å². The molecule has 0 radical (unpaired) electrons. The number of carbonyl (C=O) groups is 1. The van der Waals surface area contributed by atoms with Gasteiger partial charge in [0.2, 0.25) is 0 Å². The van der Waals surface area contributed by atoms with Crippen LogP contribution >= 0.6 is 0 Å². The molecule has 6 nitrogen and oxygen atoms in total. The lowest BCUT2D eigenvalue weighted by Crippen LogP contribution is -2.24. The summed E-state index contributed by atoms with van der Waals surface area (Å²) in [4.78, 5) is 17.6. The monoisotopic (exact) mass is 328 g/mol. The summed E-state index contributed by atoms with van der Waals surface area (Å²) in [6.45, 7) is 3.63. The van der Waals surface area contributed by atoms with Crippen LogP contribution in [0.4, 0.5) is 0 Å². The average molecular weight is 328 g/mol. The Bertz CT molecular complexity index is 748. The topological polar surface area (TPSA) is 71.9 Å². The molecule has 0 saturated carbocycles. The molecule has 6 heteroatoms. The van der Waals surface area contributed by atoms with Gasteiger partial charge in [-0.1, -0.05) is 6.07 Å². The van der Waals surface area contributed by atoms with Gasteiger partial charge in [-0.2, -0.15) is 0 Å². The average Bonchev–Trinajstić information content (AvgIpc) is 2.61. The number of hydrogen-bond donors (Lipinski definition) is 1. The predicted molar refractivity (Wildman–Crippen MR) is 88.5 cm³/mol. The van der Waals surface area contributed by atoms with E-state index in [1.165, 1.54) is 0 Å². The molecule has 1 aliphatic heterocycles. The van der Waals surface area contributed by atoms with Crippen LogP contribution in [0.1, 0.15) is 34.6 Å². The fourth-order valence-electron chi connectivity index (χ4n) is 2.71. The number of carboxylic acid groups (broad SMARTS) is 1. The van der Waals surface area contributed by atoms with E-state index in [0.717, 1.165) is 17.1 Å². The Balaban J connectivity index is 1.78. The first kappa shape index (κ1) is 16.3. The van der Waals surface area contributed by atoms with E-state index in [2.05, 4.69) is 16.8 Å². The van der Waals surface area contributed by atoms with Crippen LogP contribution in [0.25, 0.3) is 0 Å². The van der Waals surface area contributed by atoms with Crippen molar-refractivity contribution in [2.45, 2.75) is 19.5 Å². The lowest BCUT2D eigenvalue weighted by Gasteiger charge is -2.27. The van der Waals surface area contributed by atoms with Crippen molar-refractivity contribution < 1.29 is 19.4 Å².